The highest BCUT2D eigenvalue weighted by Crippen LogP contribution is 2.30. The van der Waals surface area contributed by atoms with Gasteiger partial charge < -0.3 is 4.74 Å². The second-order valence-electron chi connectivity index (χ2n) is 6.89. The van der Waals surface area contributed by atoms with E-state index in [4.69, 9.17) is 16.3 Å². The second-order valence-corrected chi connectivity index (χ2v) is 7.27. The number of nitrogens with zero attached hydrogens (tertiary/aromatic N) is 2. The molecule has 29 heavy (non-hydrogen) atoms. The molecule has 0 amide bonds. The van der Waals surface area contributed by atoms with Crippen LogP contribution in [0.1, 0.15) is 49.9 Å². The molecular formula is C23H23ClN2O3. The third-order valence-electron chi connectivity index (χ3n) is 5.02. The molecule has 0 aliphatic heterocycles. The number of ether oxygens (including phenoxy) is 1. The number of ketones is 2. The van der Waals surface area contributed by atoms with Crippen molar-refractivity contribution in [2.24, 2.45) is 0 Å². The van der Waals surface area contributed by atoms with Gasteiger partial charge in [-0.3, -0.25) is 9.59 Å². The molecule has 0 spiro atoms. The number of aromatic nitrogens is 2. The lowest BCUT2D eigenvalue weighted by Gasteiger charge is -2.13. The van der Waals surface area contributed by atoms with Crippen LogP contribution < -0.4 is 4.74 Å². The summed E-state index contributed by atoms with van der Waals surface area (Å²) in [6.07, 6.45) is 1.49. The van der Waals surface area contributed by atoms with Gasteiger partial charge in [-0.1, -0.05) is 41.9 Å². The summed E-state index contributed by atoms with van der Waals surface area (Å²) in [5.74, 6) is -0.0686. The Morgan fingerprint density at radius 3 is 2.41 bits per heavy atom. The predicted molar refractivity (Wildman–Crippen MR) is 113 cm³/mol. The van der Waals surface area contributed by atoms with Gasteiger partial charge in [-0.2, -0.15) is 5.10 Å². The Morgan fingerprint density at radius 1 is 1.07 bits per heavy atom. The minimum Gasteiger partial charge on any atom is -0.469 e. The maximum Gasteiger partial charge on any atom is 0.223 e. The molecule has 1 heterocycles. The smallest absolute Gasteiger partial charge is 0.223 e. The SMILES string of the molecule is CCn1ncc(C(=O)c2cc(C)c(Cl)c(C)c2C)c1OCC(=O)c1ccccc1. The van der Waals surface area contributed by atoms with Crippen molar-refractivity contribution in [3.8, 4) is 5.88 Å². The number of halogens is 1. The van der Waals surface area contributed by atoms with Crippen molar-refractivity contribution in [1.82, 2.24) is 9.78 Å². The molecule has 0 aliphatic carbocycles. The van der Waals surface area contributed by atoms with Crippen molar-refractivity contribution in [2.45, 2.75) is 34.2 Å². The number of hydrogen-bond donors (Lipinski definition) is 0. The first-order valence-electron chi connectivity index (χ1n) is 9.43. The summed E-state index contributed by atoms with van der Waals surface area (Å²) < 4.78 is 7.37. The molecular weight excluding hydrogens is 388 g/mol. The third kappa shape index (κ3) is 4.10. The zero-order valence-electron chi connectivity index (χ0n) is 17.0. The van der Waals surface area contributed by atoms with Gasteiger partial charge >= 0.3 is 0 Å². The second kappa shape index (κ2) is 8.62. The van der Waals surface area contributed by atoms with E-state index in [-0.39, 0.29) is 18.2 Å². The molecule has 0 radical (unpaired) electrons. The fourth-order valence-corrected chi connectivity index (χ4v) is 3.38. The first kappa shape index (κ1) is 20.8. The molecule has 3 aromatic rings. The fraction of sp³-hybridized carbons (Fsp3) is 0.261. The topological polar surface area (TPSA) is 61.2 Å². The van der Waals surface area contributed by atoms with E-state index in [2.05, 4.69) is 5.10 Å². The van der Waals surface area contributed by atoms with Gasteiger partial charge in [-0.25, -0.2) is 4.68 Å². The maximum atomic E-state index is 13.3. The van der Waals surface area contributed by atoms with Crippen LogP contribution >= 0.6 is 11.6 Å². The molecule has 3 rings (SSSR count). The van der Waals surface area contributed by atoms with Gasteiger partial charge in [-0.05, 0) is 50.5 Å². The van der Waals surface area contributed by atoms with Crippen molar-refractivity contribution >= 4 is 23.2 Å². The Bertz CT molecular complexity index is 1070. The summed E-state index contributed by atoms with van der Waals surface area (Å²) in [6, 6.07) is 10.7. The van der Waals surface area contributed by atoms with Crippen LogP contribution in [0.5, 0.6) is 5.88 Å². The lowest BCUT2D eigenvalue weighted by atomic mass is 9.95. The third-order valence-corrected chi connectivity index (χ3v) is 5.60. The molecule has 0 atom stereocenters. The van der Waals surface area contributed by atoms with Gasteiger partial charge in [0.2, 0.25) is 5.88 Å². The maximum absolute atomic E-state index is 13.3. The Balaban J connectivity index is 1.93. The van der Waals surface area contributed by atoms with E-state index in [0.717, 1.165) is 16.7 Å². The molecule has 150 valence electrons. The Hall–Kier alpha value is -2.92. The number of Topliss-reactive ketones (excluding diaryl/α,β-unsaturated/α-hetero) is 1. The van der Waals surface area contributed by atoms with Gasteiger partial charge in [0.1, 0.15) is 5.56 Å². The van der Waals surface area contributed by atoms with E-state index in [0.29, 0.717) is 34.1 Å². The lowest BCUT2D eigenvalue weighted by Crippen LogP contribution is -2.16. The number of carbonyl (C=O) groups excluding carboxylic acids is 2. The largest absolute Gasteiger partial charge is 0.469 e. The first-order valence-corrected chi connectivity index (χ1v) is 9.80. The van der Waals surface area contributed by atoms with Crippen LogP contribution in [0.2, 0.25) is 5.02 Å². The van der Waals surface area contributed by atoms with Gasteiger partial charge in [0.25, 0.3) is 0 Å². The zero-order valence-corrected chi connectivity index (χ0v) is 17.7. The van der Waals surface area contributed by atoms with E-state index in [9.17, 15) is 9.59 Å². The van der Waals surface area contributed by atoms with E-state index in [1.165, 1.54) is 6.20 Å². The molecule has 0 saturated carbocycles. The summed E-state index contributed by atoms with van der Waals surface area (Å²) in [7, 11) is 0. The molecule has 0 bridgehead atoms. The van der Waals surface area contributed by atoms with Gasteiger partial charge in [-0.15, -0.1) is 0 Å². The molecule has 0 unspecified atom stereocenters. The number of carbonyl (C=O) groups is 2. The molecule has 0 fully saturated rings. The Morgan fingerprint density at radius 2 is 1.76 bits per heavy atom. The fourth-order valence-electron chi connectivity index (χ4n) is 3.18. The normalized spacial score (nSPS) is 10.8. The van der Waals surface area contributed by atoms with Crippen LogP contribution in [0, 0.1) is 20.8 Å². The molecule has 6 heteroatoms. The molecule has 2 aromatic carbocycles. The van der Waals surface area contributed by atoms with Crippen LogP contribution in [0.25, 0.3) is 0 Å². The number of rotatable bonds is 7. The van der Waals surface area contributed by atoms with Gasteiger partial charge in [0.05, 0.1) is 6.20 Å². The van der Waals surface area contributed by atoms with Crippen LogP contribution in [0.15, 0.2) is 42.6 Å². The van der Waals surface area contributed by atoms with Gasteiger partial charge in [0.15, 0.2) is 18.2 Å². The summed E-state index contributed by atoms with van der Waals surface area (Å²) in [6.45, 7) is 7.88. The Kier molecular flexibility index (Phi) is 6.18. The summed E-state index contributed by atoms with van der Waals surface area (Å²) in [4.78, 5) is 25.7. The van der Waals surface area contributed by atoms with Crippen LogP contribution in [0.4, 0.5) is 0 Å². The highest BCUT2D eigenvalue weighted by Gasteiger charge is 2.24. The van der Waals surface area contributed by atoms with Crippen LogP contribution in [-0.4, -0.2) is 28.0 Å². The van der Waals surface area contributed by atoms with Crippen molar-refractivity contribution < 1.29 is 14.3 Å². The molecule has 0 N–H and O–H groups in total. The van der Waals surface area contributed by atoms with E-state index in [1.54, 1.807) is 35.0 Å². The van der Waals surface area contributed by atoms with Crippen molar-refractivity contribution in [2.75, 3.05) is 6.61 Å². The predicted octanol–water partition coefficient (Wildman–Crippen LogP) is 4.97. The van der Waals surface area contributed by atoms with Crippen molar-refractivity contribution in [1.29, 1.82) is 0 Å². The van der Waals surface area contributed by atoms with Crippen LogP contribution in [0.3, 0.4) is 0 Å². The minimum absolute atomic E-state index is 0.165. The summed E-state index contributed by atoms with van der Waals surface area (Å²) >= 11 is 6.32. The van der Waals surface area contributed by atoms with Crippen molar-refractivity contribution in [3.05, 3.63) is 81.0 Å². The first-order chi connectivity index (χ1) is 13.8. The lowest BCUT2D eigenvalue weighted by molar-refractivity contribution is 0.0907. The molecule has 0 aliphatic rings. The average molecular weight is 411 g/mol. The number of hydrogen-bond acceptors (Lipinski definition) is 4. The summed E-state index contributed by atoms with van der Waals surface area (Å²) in [5, 5.41) is 4.92. The Labute approximate surface area is 175 Å². The van der Waals surface area contributed by atoms with E-state index >= 15 is 0 Å². The standard InChI is InChI=1S/C23H23ClN2O3/c1-5-26-23(29-13-20(27)17-9-7-6-8-10-17)19(12-25-26)22(28)18-11-14(2)21(24)16(4)15(18)3/h6-12H,5,13H2,1-4H3. The van der Waals surface area contributed by atoms with Gasteiger partial charge in [0, 0.05) is 22.7 Å². The minimum atomic E-state index is -0.202. The average Bonchev–Trinajstić information content (AvgIpc) is 3.16. The quantitative estimate of drug-likeness (QED) is 0.515. The molecule has 1 aromatic heterocycles. The van der Waals surface area contributed by atoms with E-state index < -0.39 is 0 Å². The molecule has 5 nitrogen and oxygen atoms in total. The number of benzene rings is 2. The number of aryl methyl sites for hydroxylation is 2. The van der Waals surface area contributed by atoms with E-state index in [1.807, 2.05) is 33.8 Å². The monoisotopic (exact) mass is 410 g/mol. The van der Waals surface area contributed by atoms with Crippen molar-refractivity contribution in [3.63, 3.8) is 0 Å². The zero-order chi connectivity index (χ0) is 21.1. The highest BCUT2D eigenvalue weighted by molar-refractivity contribution is 6.32. The highest BCUT2D eigenvalue weighted by atomic mass is 35.5. The van der Waals surface area contributed by atoms with Crippen LogP contribution in [-0.2, 0) is 6.54 Å². The summed E-state index contributed by atoms with van der Waals surface area (Å²) in [5.41, 5.74) is 3.97. The molecule has 0 saturated heterocycles.